The lowest BCUT2D eigenvalue weighted by Gasteiger charge is -2.29. The predicted octanol–water partition coefficient (Wildman–Crippen LogP) is 5.08. The van der Waals surface area contributed by atoms with Crippen molar-refractivity contribution in [3.63, 3.8) is 0 Å². The van der Waals surface area contributed by atoms with Crippen molar-refractivity contribution < 1.29 is 0 Å². The average Bonchev–Trinajstić information content (AvgIpc) is 2.54. The summed E-state index contributed by atoms with van der Waals surface area (Å²) in [6.45, 7) is 14.0. The fourth-order valence-electron chi connectivity index (χ4n) is 2.25. The normalized spacial score (nSPS) is 30.1. The molecule has 0 saturated heterocycles. The van der Waals surface area contributed by atoms with E-state index in [2.05, 4.69) is 52.4 Å². The number of hydrogen-bond donors (Lipinski definition) is 0. The molecule has 0 radical (unpaired) electrons. The van der Waals surface area contributed by atoms with Crippen molar-refractivity contribution in [3.05, 3.63) is 22.0 Å². The highest BCUT2D eigenvalue weighted by molar-refractivity contribution is 8.08. The second-order valence-electron chi connectivity index (χ2n) is 6.76. The molecular weight excluding hydrogens is 232 g/mol. The van der Waals surface area contributed by atoms with Gasteiger partial charge in [0.2, 0.25) is 0 Å². The van der Waals surface area contributed by atoms with E-state index in [1.54, 1.807) is 11.1 Å². The summed E-state index contributed by atoms with van der Waals surface area (Å²) in [5.41, 5.74) is 3.90. The summed E-state index contributed by atoms with van der Waals surface area (Å²) in [7, 11) is 0. The molecule has 0 fully saturated rings. The largest absolute Gasteiger partial charge is 0.125 e. The van der Waals surface area contributed by atoms with Crippen molar-refractivity contribution in [2.24, 2.45) is 10.8 Å². The second-order valence-corrected chi connectivity index (χ2v) is 8.79. The molecule has 0 spiro atoms. The zero-order valence-corrected chi connectivity index (χ0v) is 12.8. The first-order chi connectivity index (χ1) is 7.21. The van der Waals surface area contributed by atoms with Crippen LogP contribution in [0.15, 0.2) is 22.0 Å². The van der Waals surface area contributed by atoms with Crippen molar-refractivity contribution >= 4 is 23.5 Å². The Morgan fingerprint density at radius 2 is 1.06 bits per heavy atom. The van der Waals surface area contributed by atoms with E-state index in [0.29, 0.717) is 21.3 Å². The van der Waals surface area contributed by atoms with Crippen molar-refractivity contribution in [1.29, 1.82) is 0 Å². The molecule has 0 amide bonds. The van der Waals surface area contributed by atoms with Gasteiger partial charge in [0.15, 0.2) is 0 Å². The minimum atomic E-state index is 0.320. The molecule has 0 aromatic heterocycles. The van der Waals surface area contributed by atoms with Crippen molar-refractivity contribution in [2.75, 3.05) is 0 Å². The second kappa shape index (κ2) is 3.84. The number of hydrogen-bond acceptors (Lipinski definition) is 2. The zero-order chi connectivity index (χ0) is 12.1. The van der Waals surface area contributed by atoms with Gasteiger partial charge in [0.25, 0.3) is 0 Å². The zero-order valence-electron chi connectivity index (χ0n) is 11.1. The summed E-state index contributed by atoms with van der Waals surface area (Å²) in [6.07, 6.45) is 0. The first kappa shape index (κ1) is 12.6. The minimum Gasteiger partial charge on any atom is -0.125 e. The van der Waals surface area contributed by atoms with Crippen LogP contribution in [0.5, 0.6) is 0 Å². The summed E-state index contributed by atoms with van der Waals surface area (Å²) in [4.78, 5) is 0. The lowest BCUT2D eigenvalue weighted by atomic mass is 9.80. The molecule has 2 aliphatic heterocycles. The fraction of sp³-hybridized carbons (Fsp3) is 0.714. The quantitative estimate of drug-likeness (QED) is 0.591. The van der Waals surface area contributed by atoms with Crippen LogP contribution in [0.2, 0.25) is 0 Å². The maximum atomic E-state index is 2.42. The van der Waals surface area contributed by atoms with Gasteiger partial charge in [-0.15, -0.1) is 23.5 Å². The molecule has 2 unspecified atom stereocenters. The van der Waals surface area contributed by atoms with Crippen LogP contribution in [-0.4, -0.2) is 10.5 Å². The van der Waals surface area contributed by atoms with Crippen LogP contribution < -0.4 is 0 Å². The topological polar surface area (TPSA) is 0 Å². The van der Waals surface area contributed by atoms with Gasteiger partial charge in [-0.25, -0.2) is 0 Å². The summed E-state index contributed by atoms with van der Waals surface area (Å²) >= 11 is 4.06. The SMILES string of the molecule is CC(C)(C)C1=CSC2C(C(C)(C)C)=CSC12. The van der Waals surface area contributed by atoms with Gasteiger partial charge in [-0.3, -0.25) is 0 Å². The number of fused-ring (bicyclic) bond motifs is 1. The van der Waals surface area contributed by atoms with E-state index >= 15 is 0 Å². The molecule has 2 heterocycles. The molecule has 2 aliphatic rings. The highest BCUT2D eigenvalue weighted by Gasteiger charge is 2.43. The molecule has 0 saturated carbocycles. The highest BCUT2D eigenvalue weighted by atomic mass is 32.2. The Kier molecular flexibility index (Phi) is 3.03. The number of thioether (sulfide) groups is 2. The van der Waals surface area contributed by atoms with Gasteiger partial charge in [0, 0.05) is 10.5 Å². The molecule has 0 N–H and O–H groups in total. The van der Waals surface area contributed by atoms with Gasteiger partial charge in [-0.1, -0.05) is 41.5 Å². The molecule has 90 valence electrons. The molecule has 0 aliphatic carbocycles. The first-order valence-corrected chi connectivity index (χ1v) is 7.82. The highest BCUT2D eigenvalue weighted by Crippen LogP contribution is 2.55. The van der Waals surface area contributed by atoms with E-state index in [0.717, 1.165) is 0 Å². The predicted molar refractivity (Wildman–Crippen MR) is 77.8 cm³/mol. The maximum absolute atomic E-state index is 2.42. The fourth-order valence-corrected chi connectivity index (χ4v) is 6.11. The van der Waals surface area contributed by atoms with Crippen molar-refractivity contribution in [2.45, 2.75) is 52.0 Å². The van der Waals surface area contributed by atoms with E-state index in [4.69, 9.17) is 0 Å². The molecule has 2 rings (SSSR count). The molecule has 0 aromatic carbocycles. The van der Waals surface area contributed by atoms with Crippen molar-refractivity contribution in [1.82, 2.24) is 0 Å². The lowest BCUT2D eigenvalue weighted by molar-refractivity contribution is 0.469. The van der Waals surface area contributed by atoms with Crippen LogP contribution in [0, 0.1) is 10.8 Å². The summed E-state index contributed by atoms with van der Waals surface area (Å²) in [5.74, 6) is 0. The van der Waals surface area contributed by atoms with Gasteiger partial charge in [0.1, 0.15) is 0 Å². The molecule has 2 heteroatoms. The minimum absolute atomic E-state index is 0.320. The number of rotatable bonds is 0. The molecule has 0 aromatic rings. The van der Waals surface area contributed by atoms with Crippen molar-refractivity contribution in [3.8, 4) is 0 Å². The molecular formula is C14H22S2. The van der Waals surface area contributed by atoms with E-state index < -0.39 is 0 Å². The Labute approximate surface area is 108 Å². The molecule has 2 atom stereocenters. The van der Waals surface area contributed by atoms with E-state index in [1.807, 2.05) is 23.5 Å². The van der Waals surface area contributed by atoms with E-state index in [-0.39, 0.29) is 0 Å². The standard InChI is InChI=1S/C14H22S2/c1-13(2,3)9-7-15-12-10(14(4,5)6)8-16-11(9)12/h7-8,11-12H,1-6H3. The summed E-state index contributed by atoms with van der Waals surface area (Å²) in [6, 6.07) is 0. The van der Waals surface area contributed by atoms with Gasteiger partial charge in [-0.2, -0.15) is 0 Å². The Morgan fingerprint density at radius 1 is 0.750 bits per heavy atom. The molecule has 16 heavy (non-hydrogen) atoms. The Hall–Kier alpha value is 0.180. The van der Waals surface area contributed by atoms with Crippen LogP contribution >= 0.6 is 23.5 Å². The smallest absolute Gasteiger partial charge is 0.0471 e. The van der Waals surface area contributed by atoms with E-state index in [1.165, 1.54) is 0 Å². The third-order valence-corrected chi connectivity index (χ3v) is 5.89. The third kappa shape index (κ3) is 2.11. The van der Waals surface area contributed by atoms with Crippen LogP contribution in [0.1, 0.15) is 41.5 Å². The Bertz CT molecular complexity index is 314. The van der Waals surface area contributed by atoms with Gasteiger partial charge >= 0.3 is 0 Å². The van der Waals surface area contributed by atoms with Gasteiger partial charge in [0.05, 0.1) is 0 Å². The van der Waals surface area contributed by atoms with E-state index in [9.17, 15) is 0 Å². The summed E-state index contributed by atoms with van der Waals surface area (Å²) < 4.78 is 0. The van der Waals surface area contributed by atoms with Crippen LogP contribution in [0.3, 0.4) is 0 Å². The molecule has 0 nitrogen and oxygen atoms in total. The van der Waals surface area contributed by atoms with Crippen LogP contribution in [-0.2, 0) is 0 Å². The van der Waals surface area contributed by atoms with Gasteiger partial charge in [-0.05, 0) is 32.8 Å². The average molecular weight is 254 g/mol. The lowest BCUT2D eigenvalue weighted by Crippen LogP contribution is -2.26. The van der Waals surface area contributed by atoms with Crippen LogP contribution in [0.4, 0.5) is 0 Å². The molecule has 0 bridgehead atoms. The summed E-state index contributed by atoms with van der Waals surface area (Å²) in [5, 5.41) is 6.22. The third-order valence-electron chi connectivity index (χ3n) is 3.30. The Balaban J connectivity index is 2.20. The van der Waals surface area contributed by atoms with Gasteiger partial charge < -0.3 is 0 Å². The maximum Gasteiger partial charge on any atom is 0.0471 e. The monoisotopic (exact) mass is 254 g/mol. The van der Waals surface area contributed by atoms with Crippen LogP contribution in [0.25, 0.3) is 0 Å². The first-order valence-electron chi connectivity index (χ1n) is 5.93. The Morgan fingerprint density at radius 3 is 1.31 bits per heavy atom.